The Balaban J connectivity index is 1.94. The van der Waals surface area contributed by atoms with E-state index < -0.39 is 6.04 Å². The Morgan fingerprint density at radius 1 is 1.06 bits per heavy atom. The van der Waals surface area contributed by atoms with Crippen molar-refractivity contribution < 1.29 is 9.59 Å². The molecule has 0 fully saturated rings. The van der Waals surface area contributed by atoms with Gasteiger partial charge in [-0.2, -0.15) is 5.10 Å². The number of carbonyl (C=O) groups excluding carboxylic acids is 2. The molecule has 7 nitrogen and oxygen atoms in total. The first-order chi connectivity index (χ1) is 14.8. The summed E-state index contributed by atoms with van der Waals surface area (Å²) in [6, 6.07) is 14.4. The lowest BCUT2D eigenvalue weighted by atomic mass is 10.1. The van der Waals surface area contributed by atoms with Crippen molar-refractivity contribution in [1.29, 1.82) is 0 Å². The lowest BCUT2D eigenvalue weighted by molar-refractivity contribution is -0.119. The summed E-state index contributed by atoms with van der Waals surface area (Å²) in [5, 5.41) is 10.6. The zero-order chi connectivity index (χ0) is 22.5. The van der Waals surface area contributed by atoms with Crippen molar-refractivity contribution >= 4 is 34.8 Å². The van der Waals surface area contributed by atoms with Crippen molar-refractivity contribution in [3.8, 4) is 11.3 Å². The predicted molar refractivity (Wildman–Crippen MR) is 122 cm³/mol. The highest BCUT2D eigenvalue weighted by Crippen LogP contribution is 2.24. The van der Waals surface area contributed by atoms with E-state index in [0.717, 1.165) is 11.1 Å². The van der Waals surface area contributed by atoms with Crippen LogP contribution in [0.5, 0.6) is 0 Å². The summed E-state index contributed by atoms with van der Waals surface area (Å²) in [6.45, 7) is 5.14. The second-order valence-electron chi connectivity index (χ2n) is 7.13. The Morgan fingerprint density at radius 2 is 1.77 bits per heavy atom. The molecule has 2 N–H and O–H groups in total. The maximum absolute atomic E-state index is 12.9. The fourth-order valence-corrected chi connectivity index (χ4v) is 3.26. The van der Waals surface area contributed by atoms with Gasteiger partial charge in [-0.1, -0.05) is 30.7 Å². The van der Waals surface area contributed by atoms with E-state index >= 15 is 0 Å². The Labute approximate surface area is 185 Å². The number of amides is 2. The van der Waals surface area contributed by atoms with Crippen LogP contribution < -0.4 is 16.2 Å². The molecule has 0 aliphatic rings. The van der Waals surface area contributed by atoms with Gasteiger partial charge in [-0.3, -0.25) is 14.4 Å². The highest BCUT2D eigenvalue weighted by atomic mass is 35.5. The quantitative estimate of drug-likeness (QED) is 0.595. The maximum Gasteiger partial charge on any atom is 0.267 e. The molecule has 1 unspecified atom stereocenters. The molecule has 160 valence electrons. The van der Waals surface area contributed by atoms with Gasteiger partial charge in [-0.15, -0.1) is 0 Å². The van der Waals surface area contributed by atoms with Crippen LogP contribution >= 0.6 is 11.6 Å². The van der Waals surface area contributed by atoms with Crippen LogP contribution in [0.3, 0.4) is 0 Å². The molecule has 1 heterocycles. The van der Waals surface area contributed by atoms with Gasteiger partial charge in [0.05, 0.1) is 5.69 Å². The maximum atomic E-state index is 12.9. The number of benzene rings is 2. The lowest BCUT2D eigenvalue weighted by Crippen LogP contribution is -2.34. The van der Waals surface area contributed by atoms with Crippen molar-refractivity contribution in [3.63, 3.8) is 0 Å². The van der Waals surface area contributed by atoms with E-state index in [2.05, 4.69) is 15.7 Å². The van der Waals surface area contributed by atoms with Gasteiger partial charge in [0.15, 0.2) is 0 Å². The van der Waals surface area contributed by atoms with Gasteiger partial charge in [-0.05, 0) is 55.3 Å². The average Bonchev–Trinajstić information content (AvgIpc) is 2.73. The van der Waals surface area contributed by atoms with Crippen LogP contribution in [0.2, 0.25) is 5.02 Å². The number of carbonyl (C=O) groups is 2. The van der Waals surface area contributed by atoms with E-state index in [1.807, 2.05) is 26.0 Å². The summed E-state index contributed by atoms with van der Waals surface area (Å²) in [5.41, 5.74) is 3.00. The normalized spacial score (nSPS) is 11.6. The van der Waals surface area contributed by atoms with Crippen LogP contribution in [0.1, 0.15) is 31.9 Å². The van der Waals surface area contributed by atoms with Crippen molar-refractivity contribution in [2.45, 2.75) is 33.2 Å². The van der Waals surface area contributed by atoms with Gasteiger partial charge in [0.1, 0.15) is 6.04 Å². The molecule has 1 aromatic heterocycles. The largest absolute Gasteiger partial charge is 0.326 e. The minimum atomic E-state index is -0.789. The molecule has 0 saturated carbocycles. The summed E-state index contributed by atoms with van der Waals surface area (Å²) in [7, 11) is 0. The summed E-state index contributed by atoms with van der Waals surface area (Å²) < 4.78 is 1.19. The molecule has 2 amide bonds. The van der Waals surface area contributed by atoms with Crippen molar-refractivity contribution in [2.75, 3.05) is 10.6 Å². The van der Waals surface area contributed by atoms with Crippen molar-refractivity contribution in [1.82, 2.24) is 9.78 Å². The Bertz CT molecular complexity index is 1170. The summed E-state index contributed by atoms with van der Waals surface area (Å²) in [5.74, 6) is -0.525. The van der Waals surface area contributed by atoms with Gasteiger partial charge in [0.2, 0.25) is 11.8 Å². The first kappa shape index (κ1) is 22.2. The molecule has 0 saturated heterocycles. The van der Waals surface area contributed by atoms with Crippen LogP contribution in [0.25, 0.3) is 11.3 Å². The number of nitrogens with zero attached hydrogens (tertiary/aromatic N) is 2. The van der Waals surface area contributed by atoms with E-state index in [-0.39, 0.29) is 17.4 Å². The molecular formula is C23H23ClN4O3. The number of aryl methyl sites for hydroxylation is 1. The highest BCUT2D eigenvalue weighted by molar-refractivity contribution is 6.30. The van der Waals surface area contributed by atoms with Crippen molar-refractivity contribution in [2.24, 2.45) is 0 Å². The average molecular weight is 439 g/mol. The number of anilines is 2. The third-order valence-corrected chi connectivity index (χ3v) is 5.02. The Kier molecular flexibility index (Phi) is 6.87. The third kappa shape index (κ3) is 5.38. The number of aromatic nitrogens is 2. The van der Waals surface area contributed by atoms with Gasteiger partial charge in [-0.25, -0.2) is 4.68 Å². The van der Waals surface area contributed by atoms with E-state index in [4.69, 9.17) is 11.6 Å². The molecule has 2 aromatic carbocycles. The topological polar surface area (TPSA) is 93.1 Å². The van der Waals surface area contributed by atoms with Crippen LogP contribution in [0.15, 0.2) is 59.4 Å². The summed E-state index contributed by atoms with van der Waals surface area (Å²) >= 11 is 5.89. The number of hydrogen-bond acceptors (Lipinski definition) is 4. The third-order valence-electron chi connectivity index (χ3n) is 4.77. The van der Waals surface area contributed by atoms with Crippen LogP contribution in [0.4, 0.5) is 11.4 Å². The SMILES string of the molecule is CCC(C(=O)Nc1ccc(Cl)cc1)n1nc(-c2ccc(C)c(NC(C)=O)c2)ccc1=O. The molecule has 0 bridgehead atoms. The summed E-state index contributed by atoms with van der Waals surface area (Å²) in [4.78, 5) is 36.8. The van der Waals surface area contributed by atoms with Crippen LogP contribution in [-0.4, -0.2) is 21.6 Å². The van der Waals surface area contributed by atoms with E-state index in [9.17, 15) is 14.4 Å². The second kappa shape index (κ2) is 9.57. The number of halogens is 1. The van der Waals surface area contributed by atoms with E-state index in [0.29, 0.717) is 28.5 Å². The van der Waals surface area contributed by atoms with Gasteiger partial charge in [0.25, 0.3) is 5.56 Å². The molecule has 3 rings (SSSR count). The molecule has 1 atom stereocenters. The van der Waals surface area contributed by atoms with Gasteiger partial charge in [0, 0.05) is 35.0 Å². The van der Waals surface area contributed by atoms with E-state index in [1.165, 1.54) is 17.7 Å². The van der Waals surface area contributed by atoms with Crippen molar-refractivity contribution in [3.05, 3.63) is 75.5 Å². The molecule has 0 aliphatic carbocycles. The number of rotatable bonds is 6. The van der Waals surface area contributed by atoms with Gasteiger partial charge >= 0.3 is 0 Å². The van der Waals surface area contributed by atoms with E-state index in [1.54, 1.807) is 36.4 Å². The zero-order valence-electron chi connectivity index (χ0n) is 17.5. The molecule has 8 heteroatoms. The molecule has 0 spiro atoms. The fourth-order valence-electron chi connectivity index (χ4n) is 3.14. The smallest absolute Gasteiger partial charge is 0.267 e. The Hall–Kier alpha value is -3.45. The van der Waals surface area contributed by atoms with Gasteiger partial charge < -0.3 is 10.6 Å². The highest BCUT2D eigenvalue weighted by Gasteiger charge is 2.21. The monoisotopic (exact) mass is 438 g/mol. The number of nitrogens with one attached hydrogen (secondary N) is 2. The molecule has 0 aliphatic heterocycles. The first-order valence-electron chi connectivity index (χ1n) is 9.83. The molecular weight excluding hydrogens is 416 g/mol. The summed E-state index contributed by atoms with van der Waals surface area (Å²) in [6.07, 6.45) is 0.376. The van der Waals surface area contributed by atoms with Crippen LogP contribution in [-0.2, 0) is 9.59 Å². The minimum absolute atomic E-state index is 0.178. The first-order valence-corrected chi connectivity index (χ1v) is 10.2. The zero-order valence-corrected chi connectivity index (χ0v) is 18.2. The predicted octanol–water partition coefficient (Wildman–Crippen LogP) is 4.42. The van der Waals surface area contributed by atoms with Crippen LogP contribution in [0, 0.1) is 6.92 Å². The minimum Gasteiger partial charge on any atom is -0.326 e. The second-order valence-corrected chi connectivity index (χ2v) is 7.57. The molecule has 31 heavy (non-hydrogen) atoms. The Morgan fingerprint density at radius 3 is 2.42 bits per heavy atom. The lowest BCUT2D eigenvalue weighted by Gasteiger charge is -2.18. The number of hydrogen-bond donors (Lipinski definition) is 2. The molecule has 3 aromatic rings. The molecule has 0 radical (unpaired) electrons. The fraction of sp³-hybridized carbons (Fsp3) is 0.217. The standard InChI is InChI=1S/C23H23ClN4O3/c1-4-21(23(31)26-18-9-7-17(24)8-10-18)28-22(30)12-11-19(27-28)16-6-5-14(2)20(13-16)25-15(3)29/h5-13,21H,4H2,1-3H3,(H,25,29)(H,26,31).